The first kappa shape index (κ1) is 34.4. The Balaban J connectivity index is 1.78. The summed E-state index contributed by atoms with van der Waals surface area (Å²) in [6.07, 6.45) is 3.82. The predicted molar refractivity (Wildman–Crippen MR) is 177 cm³/mol. The van der Waals surface area contributed by atoms with E-state index in [0.29, 0.717) is 5.75 Å². The number of methoxy groups -OCH3 is 3. The molecule has 1 N–H and O–H groups in total. The number of nitrogens with zero attached hydrogens (tertiary/aromatic N) is 2. The molecule has 3 aromatic rings. The van der Waals surface area contributed by atoms with E-state index in [-0.39, 0.29) is 45.6 Å². The molecule has 0 spiro atoms. The average Bonchev–Trinajstić information content (AvgIpc) is 3.54. The largest absolute Gasteiger partial charge is 0.495 e. The number of rotatable bonds is 13. The van der Waals surface area contributed by atoms with Gasteiger partial charge in [-0.05, 0) is 67.8 Å². The third kappa shape index (κ3) is 8.22. The molecule has 4 rings (SSSR count). The topological polar surface area (TPSA) is 114 Å². The van der Waals surface area contributed by atoms with Crippen LogP contribution in [0.2, 0.25) is 5.02 Å². The maximum atomic E-state index is 14.3. The van der Waals surface area contributed by atoms with E-state index in [9.17, 15) is 18.0 Å². The molecule has 0 saturated heterocycles. The molecule has 0 aromatic heterocycles. The minimum atomic E-state index is -4.43. The lowest BCUT2D eigenvalue weighted by atomic mass is 10.1. The number of benzene rings is 3. The van der Waals surface area contributed by atoms with Crippen LogP contribution in [-0.4, -0.2) is 65.1 Å². The summed E-state index contributed by atoms with van der Waals surface area (Å²) in [7, 11) is -0.198. The number of hydrogen-bond donors (Lipinski definition) is 1. The average molecular weight is 723 g/mol. The van der Waals surface area contributed by atoms with Crippen molar-refractivity contribution in [1.29, 1.82) is 0 Å². The van der Waals surface area contributed by atoms with Crippen molar-refractivity contribution in [2.45, 2.75) is 56.1 Å². The minimum absolute atomic E-state index is 0.0421. The molecule has 242 valence electrons. The zero-order valence-corrected chi connectivity index (χ0v) is 28.7. The summed E-state index contributed by atoms with van der Waals surface area (Å²) in [5.74, 6) is -0.199. The number of carbonyl (C=O) groups is 2. The number of nitrogens with one attached hydrogen (secondary N) is 1. The highest BCUT2D eigenvalue weighted by Gasteiger charge is 2.35. The molecular weight excluding hydrogens is 686 g/mol. The molecule has 1 aliphatic carbocycles. The van der Waals surface area contributed by atoms with Crippen LogP contribution in [0.4, 0.5) is 5.69 Å². The van der Waals surface area contributed by atoms with Crippen molar-refractivity contribution >= 4 is 55.1 Å². The quantitative estimate of drug-likeness (QED) is 0.237. The molecule has 0 aliphatic heterocycles. The lowest BCUT2D eigenvalue weighted by Crippen LogP contribution is -2.52. The second-order valence-electron chi connectivity index (χ2n) is 10.7. The van der Waals surface area contributed by atoms with Gasteiger partial charge in [0, 0.05) is 28.1 Å². The summed E-state index contributed by atoms with van der Waals surface area (Å²) in [5, 5.41) is 3.30. The molecule has 0 bridgehead atoms. The maximum Gasteiger partial charge on any atom is 0.265 e. The highest BCUT2D eigenvalue weighted by molar-refractivity contribution is 9.10. The van der Waals surface area contributed by atoms with E-state index in [0.717, 1.165) is 40.0 Å². The molecule has 1 saturated carbocycles. The lowest BCUT2D eigenvalue weighted by molar-refractivity contribution is -0.139. The summed E-state index contributed by atoms with van der Waals surface area (Å²) in [4.78, 5) is 29.0. The normalized spacial score (nSPS) is 14.0. The number of carbonyl (C=O) groups excluding carboxylic acids is 2. The smallest absolute Gasteiger partial charge is 0.265 e. The number of sulfonamides is 1. The van der Waals surface area contributed by atoms with Gasteiger partial charge in [-0.3, -0.25) is 13.9 Å². The Kier molecular flexibility index (Phi) is 11.6. The Bertz CT molecular complexity index is 1630. The fraction of sp³-hybridized carbons (Fsp3) is 0.375. The SMILES string of the molecule is COc1ccc(S(=O)(=O)N(CC(=O)N(Cc2cccc(Br)c2)[C@@H](C)C(=O)NC2CCCC2)c2cc(Cl)ccc2OC)cc1OC. The van der Waals surface area contributed by atoms with E-state index in [4.69, 9.17) is 25.8 Å². The van der Waals surface area contributed by atoms with Crippen molar-refractivity contribution in [3.8, 4) is 17.2 Å². The monoisotopic (exact) mass is 721 g/mol. The molecule has 10 nitrogen and oxygen atoms in total. The summed E-state index contributed by atoms with van der Waals surface area (Å²) in [6, 6.07) is 15.2. The molecule has 45 heavy (non-hydrogen) atoms. The first-order valence-corrected chi connectivity index (χ1v) is 17.0. The molecule has 0 unspecified atom stereocenters. The van der Waals surface area contributed by atoms with Crippen LogP contribution in [0.5, 0.6) is 17.2 Å². The van der Waals surface area contributed by atoms with Crippen LogP contribution < -0.4 is 23.8 Å². The van der Waals surface area contributed by atoms with Gasteiger partial charge in [-0.25, -0.2) is 8.42 Å². The van der Waals surface area contributed by atoms with Crippen molar-refractivity contribution in [1.82, 2.24) is 10.2 Å². The molecule has 0 radical (unpaired) electrons. The predicted octanol–water partition coefficient (Wildman–Crippen LogP) is 5.80. The van der Waals surface area contributed by atoms with Gasteiger partial charge < -0.3 is 24.4 Å². The van der Waals surface area contributed by atoms with Crippen LogP contribution in [0, 0.1) is 0 Å². The van der Waals surface area contributed by atoms with Gasteiger partial charge in [-0.2, -0.15) is 0 Å². The third-order valence-electron chi connectivity index (χ3n) is 7.74. The van der Waals surface area contributed by atoms with E-state index < -0.39 is 28.5 Å². The van der Waals surface area contributed by atoms with Gasteiger partial charge in [0.1, 0.15) is 18.3 Å². The summed E-state index contributed by atoms with van der Waals surface area (Å²) in [5.41, 5.74) is 0.812. The van der Waals surface area contributed by atoms with Gasteiger partial charge in [0.15, 0.2) is 11.5 Å². The number of ether oxygens (including phenoxy) is 3. The molecule has 2 amide bonds. The van der Waals surface area contributed by atoms with Gasteiger partial charge >= 0.3 is 0 Å². The van der Waals surface area contributed by atoms with Crippen LogP contribution in [0.3, 0.4) is 0 Å². The molecule has 1 aliphatic rings. The Morgan fingerprint density at radius 2 is 1.62 bits per heavy atom. The van der Waals surface area contributed by atoms with Gasteiger partial charge in [0.25, 0.3) is 10.0 Å². The third-order valence-corrected chi connectivity index (χ3v) is 10.2. The lowest BCUT2D eigenvalue weighted by Gasteiger charge is -2.33. The standard InChI is InChI=1S/C32H37BrClN3O7S/c1-21(32(39)35-25-10-5-6-11-25)36(19-22-8-7-9-23(33)16-22)31(38)20-37(27-17-24(34)12-14-28(27)42-2)45(40,41)26-13-15-29(43-3)30(18-26)44-4/h7-9,12-18,21,25H,5-6,10-11,19-20H2,1-4H3,(H,35,39)/t21-/m0/s1. The van der Waals surface area contributed by atoms with Gasteiger partial charge in [0.2, 0.25) is 11.8 Å². The van der Waals surface area contributed by atoms with Crippen molar-refractivity contribution in [3.05, 3.63) is 75.7 Å². The van der Waals surface area contributed by atoms with Crippen LogP contribution in [0.15, 0.2) is 70.0 Å². The first-order chi connectivity index (χ1) is 21.5. The summed E-state index contributed by atoms with van der Waals surface area (Å²) < 4.78 is 46.6. The zero-order valence-electron chi connectivity index (χ0n) is 25.6. The van der Waals surface area contributed by atoms with Gasteiger partial charge in [-0.1, -0.05) is 52.5 Å². The van der Waals surface area contributed by atoms with Crippen LogP contribution >= 0.6 is 27.5 Å². The van der Waals surface area contributed by atoms with E-state index in [1.165, 1.54) is 56.6 Å². The van der Waals surface area contributed by atoms with Crippen molar-refractivity contribution in [2.75, 3.05) is 32.2 Å². The van der Waals surface area contributed by atoms with Crippen LogP contribution in [0.1, 0.15) is 38.2 Å². The van der Waals surface area contributed by atoms with Crippen molar-refractivity contribution < 1.29 is 32.2 Å². The molecular formula is C32H37BrClN3O7S. The number of hydrogen-bond acceptors (Lipinski definition) is 7. The van der Waals surface area contributed by atoms with E-state index >= 15 is 0 Å². The van der Waals surface area contributed by atoms with Gasteiger partial charge in [0.05, 0.1) is 31.9 Å². The molecule has 3 aromatic carbocycles. The number of anilines is 1. The molecule has 13 heteroatoms. The van der Waals surface area contributed by atoms with Crippen molar-refractivity contribution in [2.24, 2.45) is 0 Å². The minimum Gasteiger partial charge on any atom is -0.495 e. The highest BCUT2D eigenvalue weighted by Crippen LogP contribution is 2.37. The van der Waals surface area contributed by atoms with E-state index in [1.807, 2.05) is 24.3 Å². The van der Waals surface area contributed by atoms with Crippen molar-refractivity contribution in [3.63, 3.8) is 0 Å². The van der Waals surface area contributed by atoms with Crippen LogP contribution in [-0.2, 0) is 26.2 Å². The van der Waals surface area contributed by atoms with Crippen LogP contribution in [0.25, 0.3) is 0 Å². The summed E-state index contributed by atoms with van der Waals surface area (Å²) >= 11 is 9.79. The maximum absolute atomic E-state index is 14.3. The Morgan fingerprint density at radius 3 is 2.27 bits per heavy atom. The fourth-order valence-corrected chi connectivity index (χ4v) is 7.33. The Labute approximate surface area is 277 Å². The van der Waals surface area contributed by atoms with E-state index in [1.54, 1.807) is 13.0 Å². The zero-order chi connectivity index (χ0) is 32.7. The fourth-order valence-electron chi connectivity index (χ4n) is 5.28. The Hall–Kier alpha value is -3.48. The second kappa shape index (κ2) is 15.2. The molecule has 1 atom stereocenters. The number of amides is 2. The summed E-state index contributed by atoms with van der Waals surface area (Å²) in [6.45, 7) is 1.06. The first-order valence-electron chi connectivity index (χ1n) is 14.4. The van der Waals surface area contributed by atoms with Gasteiger partial charge in [-0.15, -0.1) is 0 Å². The second-order valence-corrected chi connectivity index (χ2v) is 13.9. The Morgan fingerprint density at radius 1 is 0.956 bits per heavy atom. The van der Waals surface area contributed by atoms with E-state index in [2.05, 4.69) is 21.2 Å². The molecule has 1 fully saturated rings. The highest BCUT2D eigenvalue weighted by atomic mass is 79.9. The molecule has 0 heterocycles. The number of halogens is 2.